The molecule has 0 fully saturated rings. The Morgan fingerprint density at radius 3 is 2.76 bits per heavy atom. The van der Waals surface area contributed by atoms with Crippen LogP contribution in [0.3, 0.4) is 0 Å². The van der Waals surface area contributed by atoms with E-state index in [0.29, 0.717) is 33.9 Å². The van der Waals surface area contributed by atoms with E-state index in [1.165, 1.54) is 16.7 Å². The molecular weight excluding hydrogens is 412 g/mol. The van der Waals surface area contributed by atoms with Crippen LogP contribution >= 0.6 is 23.5 Å². The van der Waals surface area contributed by atoms with Gasteiger partial charge < -0.3 is 19.1 Å². The number of hydrogen-bond donors (Lipinski definition) is 1. The fraction of sp³-hybridized carbons (Fsp3) is 0.263. The molecule has 10 heteroatoms. The van der Waals surface area contributed by atoms with Gasteiger partial charge in [0, 0.05) is 7.05 Å². The normalized spacial score (nSPS) is 10.7. The van der Waals surface area contributed by atoms with Crippen LogP contribution in [0, 0.1) is 0 Å². The predicted molar refractivity (Wildman–Crippen MR) is 112 cm³/mol. The van der Waals surface area contributed by atoms with E-state index in [9.17, 15) is 9.59 Å². The topological polar surface area (TPSA) is 101 Å². The van der Waals surface area contributed by atoms with Crippen LogP contribution in [0.1, 0.15) is 22.0 Å². The smallest absolute Gasteiger partial charge is 0.277 e. The number of carbonyl (C=O) groups excluding carboxylic acids is 2. The first-order valence-electron chi connectivity index (χ1n) is 8.68. The third-order valence-electron chi connectivity index (χ3n) is 3.92. The van der Waals surface area contributed by atoms with Crippen molar-refractivity contribution in [2.45, 2.75) is 17.5 Å². The minimum atomic E-state index is -0.289. The molecule has 0 radical (unpaired) electrons. The van der Waals surface area contributed by atoms with Crippen LogP contribution in [-0.4, -0.2) is 41.1 Å². The summed E-state index contributed by atoms with van der Waals surface area (Å²) in [4.78, 5) is 26.7. The van der Waals surface area contributed by atoms with Crippen LogP contribution in [0.5, 0.6) is 0 Å². The zero-order chi connectivity index (χ0) is 20.6. The number of carbonyl (C=O) groups is 2. The van der Waals surface area contributed by atoms with E-state index in [2.05, 4.69) is 15.5 Å². The number of amides is 2. The Balaban J connectivity index is 1.62. The first-order chi connectivity index (χ1) is 14.1. The number of anilines is 1. The largest absolute Gasteiger partial charge is 0.467 e. The molecule has 2 amide bonds. The Morgan fingerprint density at radius 2 is 2.00 bits per heavy atom. The molecule has 0 saturated carbocycles. The van der Waals surface area contributed by atoms with Gasteiger partial charge >= 0.3 is 0 Å². The second kappa shape index (κ2) is 10.2. The molecule has 152 valence electrons. The molecule has 0 aliphatic carbocycles. The van der Waals surface area contributed by atoms with Crippen LogP contribution < -0.4 is 10.2 Å². The highest BCUT2D eigenvalue weighted by Gasteiger charge is 2.19. The molecule has 29 heavy (non-hydrogen) atoms. The van der Waals surface area contributed by atoms with Gasteiger partial charge in [0.15, 0.2) is 0 Å². The Bertz CT molecular complexity index is 959. The molecule has 2 aromatic heterocycles. The van der Waals surface area contributed by atoms with E-state index in [4.69, 9.17) is 8.83 Å². The Labute approximate surface area is 176 Å². The minimum Gasteiger partial charge on any atom is -0.467 e. The third-order valence-corrected chi connectivity index (χ3v) is 5.26. The maximum Gasteiger partial charge on any atom is 0.277 e. The third kappa shape index (κ3) is 5.64. The van der Waals surface area contributed by atoms with E-state index < -0.39 is 0 Å². The van der Waals surface area contributed by atoms with Crippen LogP contribution in [0.2, 0.25) is 0 Å². The average Bonchev–Trinajstić information content (AvgIpc) is 3.42. The molecule has 2 heterocycles. The van der Waals surface area contributed by atoms with Gasteiger partial charge in [-0.15, -0.1) is 10.2 Å². The van der Waals surface area contributed by atoms with Gasteiger partial charge in [0.25, 0.3) is 11.1 Å². The number of benzene rings is 1. The molecular formula is C19H20N4O4S2. The van der Waals surface area contributed by atoms with Crippen molar-refractivity contribution in [2.75, 3.05) is 24.0 Å². The van der Waals surface area contributed by atoms with Crippen LogP contribution in [0.4, 0.5) is 5.69 Å². The van der Waals surface area contributed by atoms with Gasteiger partial charge in [-0.2, -0.15) is 11.8 Å². The molecule has 8 nitrogen and oxygen atoms in total. The lowest BCUT2D eigenvalue weighted by Crippen LogP contribution is -2.31. The molecule has 0 aliphatic heterocycles. The average molecular weight is 433 g/mol. The van der Waals surface area contributed by atoms with Gasteiger partial charge in [-0.25, -0.2) is 0 Å². The minimum absolute atomic E-state index is 0.111. The van der Waals surface area contributed by atoms with Crippen LogP contribution in [0.15, 0.2) is 56.7 Å². The maximum absolute atomic E-state index is 12.6. The second-order valence-electron chi connectivity index (χ2n) is 5.92. The van der Waals surface area contributed by atoms with E-state index in [1.54, 1.807) is 61.5 Å². The van der Waals surface area contributed by atoms with Gasteiger partial charge in [0.2, 0.25) is 11.8 Å². The van der Waals surface area contributed by atoms with Crippen molar-refractivity contribution < 1.29 is 18.4 Å². The van der Waals surface area contributed by atoms with Gasteiger partial charge in [-0.1, -0.05) is 23.9 Å². The highest BCUT2D eigenvalue weighted by molar-refractivity contribution is 7.99. The lowest BCUT2D eigenvalue weighted by atomic mass is 10.1. The van der Waals surface area contributed by atoms with Crippen molar-refractivity contribution in [3.05, 3.63) is 59.9 Å². The molecule has 0 bridgehead atoms. The quantitative estimate of drug-likeness (QED) is 0.514. The number of aromatic nitrogens is 2. The Hall–Kier alpha value is -2.72. The SMILES string of the molecule is CSCc1nnc(SCC(=O)N(C)c2ccccc2C(=O)NCc2ccco2)o1. The molecule has 3 rings (SSSR count). The predicted octanol–water partition coefficient (Wildman–Crippen LogP) is 3.21. The zero-order valence-electron chi connectivity index (χ0n) is 16.0. The first-order valence-corrected chi connectivity index (χ1v) is 11.1. The van der Waals surface area contributed by atoms with Crippen molar-refractivity contribution in [1.29, 1.82) is 0 Å². The van der Waals surface area contributed by atoms with E-state index in [-0.39, 0.29) is 24.1 Å². The fourth-order valence-electron chi connectivity index (χ4n) is 2.47. The summed E-state index contributed by atoms with van der Waals surface area (Å²) < 4.78 is 10.7. The van der Waals surface area contributed by atoms with Gasteiger partial charge in [0.1, 0.15) is 5.76 Å². The van der Waals surface area contributed by atoms with Gasteiger partial charge in [-0.3, -0.25) is 9.59 Å². The molecule has 0 aliphatic rings. The lowest BCUT2D eigenvalue weighted by molar-refractivity contribution is -0.115. The fourth-order valence-corrected chi connectivity index (χ4v) is 3.52. The monoisotopic (exact) mass is 432 g/mol. The number of nitrogens with zero attached hydrogens (tertiary/aromatic N) is 3. The highest BCUT2D eigenvalue weighted by atomic mass is 32.2. The standard InChI is InChI=1S/C19H20N4O4S2/c1-23(17(24)12-29-19-22-21-16(27-19)11-28-2)15-8-4-3-7-14(15)18(25)20-10-13-6-5-9-26-13/h3-9H,10-12H2,1-2H3,(H,20,25). The van der Waals surface area contributed by atoms with Gasteiger partial charge in [0.05, 0.1) is 35.6 Å². The molecule has 3 aromatic rings. The number of nitrogens with one attached hydrogen (secondary N) is 1. The number of para-hydroxylation sites is 1. The summed E-state index contributed by atoms with van der Waals surface area (Å²) in [5, 5.41) is 11.0. The summed E-state index contributed by atoms with van der Waals surface area (Å²) >= 11 is 2.74. The van der Waals surface area contributed by atoms with E-state index in [0.717, 1.165) is 0 Å². The maximum atomic E-state index is 12.6. The van der Waals surface area contributed by atoms with Crippen molar-refractivity contribution in [3.63, 3.8) is 0 Å². The first kappa shape index (κ1) is 21.0. The Kier molecular flexibility index (Phi) is 7.36. The summed E-state index contributed by atoms with van der Waals surface area (Å²) in [6.07, 6.45) is 3.49. The summed E-state index contributed by atoms with van der Waals surface area (Å²) in [6, 6.07) is 10.5. The van der Waals surface area contributed by atoms with Crippen molar-refractivity contribution in [1.82, 2.24) is 15.5 Å². The highest BCUT2D eigenvalue weighted by Crippen LogP contribution is 2.23. The van der Waals surface area contributed by atoms with E-state index in [1.807, 2.05) is 6.26 Å². The second-order valence-corrected chi connectivity index (χ2v) is 7.71. The molecule has 1 aromatic carbocycles. The number of hydrogen-bond acceptors (Lipinski definition) is 8. The molecule has 0 atom stereocenters. The summed E-state index contributed by atoms with van der Waals surface area (Å²) in [5.41, 5.74) is 0.920. The Morgan fingerprint density at radius 1 is 1.17 bits per heavy atom. The number of rotatable bonds is 9. The van der Waals surface area contributed by atoms with Crippen LogP contribution in [0.25, 0.3) is 0 Å². The number of thioether (sulfide) groups is 2. The molecule has 1 N–H and O–H groups in total. The van der Waals surface area contributed by atoms with E-state index >= 15 is 0 Å². The van der Waals surface area contributed by atoms with Crippen molar-refractivity contribution >= 4 is 41.0 Å². The summed E-state index contributed by atoms with van der Waals surface area (Å²) in [6.45, 7) is 0.267. The molecule has 0 spiro atoms. The summed E-state index contributed by atoms with van der Waals surface area (Å²) in [5.74, 6) is 1.44. The molecule has 0 unspecified atom stereocenters. The zero-order valence-corrected chi connectivity index (χ0v) is 17.6. The summed E-state index contributed by atoms with van der Waals surface area (Å²) in [7, 11) is 1.63. The van der Waals surface area contributed by atoms with Crippen molar-refractivity contribution in [3.8, 4) is 0 Å². The lowest BCUT2D eigenvalue weighted by Gasteiger charge is -2.20. The van der Waals surface area contributed by atoms with Gasteiger partial charge in [-0.05, 0) is 30.5 Å². The van der Waals surface area contributed by atoms with Crippen LogP contribution in [-0.2, 0) is 17.1 Å². The number of furan rings is 1. The molecule has 0 saturated heterocycles. The van der Waals surface area contributed by atoms with Crippen molar-refractivity contribution in [2.24, 2.45) is 0 Å².